The van der Waals surface area contributed by atoms with Gasteiger partial charge in [0.2, 0.25) is 0 Å². The van der Waals surface area contributed by atoms with Crippen LogP contribution in [0.3, 0.4) is 0 Å². The third-order valence-corrected chi connectivity index (χ3v) is 3.26. The van der Waals surface area contributed by atoms with E-state index in [0.717, 1.165) is 0 Å². The predicted octanol–water partition coefficient (Wildman–Crippen LogP) is -0.859. The average Bonchev–Trinajstić information content (AvgIpc) is 2.79. The second kappa shape index (κ2) is 4.68. The van der Waals surface area contributed by atoms with Gasteiger partial charge in [-0.3, -0.25) is 14.3 Å². The van der Waals surface area contributed by atoms with Crippen molar-refractivity contribution < 1.29 is 14.6 Å². The molecule has 1 aromatic rings. The number of hydrogen-bond acceptors (Lipinski definition) is 5. The molecule has 0 spiro atoms. The van der Waals surface area contributed by atoms with Crippen molar-refractivity contribution in [3.8, 4) is 0 Å². The second-order valence-electron chi connectivity index (χ2n) is 4.49. The third-order valence-electron chi connectivity index (χ3n) is 3.26. The van der Waals surface area contributed by atoms with Crippen molar-refractivity contribution >= 4 is 0 Å². The van der Waals surface area contributed by atoms with Crippen molar-refractivity contribution in [1.29, 1.82) is 0 Å². The van der Waals surface area contributed by atoms with Crippen LogP contribution in [0.25, 0.3) is 0 Å². The van der Waals surface area contributed by atoms with Gasteiger partial charge < -0.3 is 14.6 Å². The summed E-state index contributed by atoms with van der Waals surface area (Å²) in [6.45, 7) is 1.63. The molecule has 1 aliphatic heterocycles. The number of aryl methyl sites for hydroxylation is 1. The van der Waals surface area contributed by atoms with Gasteiger partial charge in [0, 0.05) is 25.3 Å². The van der Waals surface area contributed by atoms with Crippen LogP contribution in [0, 0.1) is 6.92 Å². The van der Waals surface area contributed by atoms with Gasteiger partial charge in [-0.05, 0) is 6.92 Å². The number of rotatable bonds is 3. The number of aliphatic hydroxyl groups is 1. The van der Waals surface area contributed by atoms with Crippen molar-refractivity contribution in [2.75, 3.05) is 20.3 Å². The Kier molecular flexibility index (Phi) is 3.38. The van der Waals surface area contributed by atoms with E-state index < -0.39 is 23.1 Å². The highest BCUT2D eigenvalue weighted by Gasteiger charge is 2.41. The van der Waals surface area contributed by atoms with Gasteiger partial charge in [0.05, 0.1) is 13.2 Å². The van der Waals surface area contributed by atoms with Crippen LogP contribution in [0.5, 0.6) is 0 Å². The molecule has 2 rings (SSSR count). The van der Waals surface area contributed by atoms with Crippen molar-refractivity contribution in [2.24, 2.45) is 0 Å². The first kappa shape index (κ1) is 13.0. The molecule has 1 saturated heterocycles. The molecule has 2 atom stereocenters. The molecule has 7 nitrogen and oxygen atoms in total. The van der Waals surface area contributed by atoms with Crippen LogP contribution in [0.1, 0.15) is 18.2 Å². The largest absolute Gasteiger partial charge is 0.393 e. The zero-order valence-electron chi connectivity index (χ0n) is 10.3. The summed E-state index contributed by atoms with van der Waals surface area (Å²) in [6.07, 6.45) is 1.26. The number of ether oxygens (including phenoxy) is 2. The molecule has 0 saturated carbocycles. The monoisotopic (exact) mass is 256 g/mol. The lowest BCUT2D eigenvalue weighted by molar-refractivity contribution is -0.0557. The first-order chi connectivity index (χ1) is 8.51. The molecule has 1 aliphatic rings. The number of nitrogens with zero attached hydrogens (tertiary/aromatic N) is 1. The third kappa shape index (κ3) is 2.12. The minimum atomic E-state index is -0.784. The average molecular weight is 256 g/mol. The Morgan fingerprint density at radius 2 is 2.39 bits per heavy atom. The zero-order valence-corrected chi connectivity index (χ0v) is 10.3. The Bertz CT molecular complexity index is 543. The van der Waals surface area contributed by atoms with Crippen molar-refractivity contribution in [3.05, 3.63) is 32.6 Å². The molecule has 7 heteroatoms. The fraction of sp³-hybridized carbons (Fsp3) is 0.636. The highest BCUT2D eigenvalue weighted by Crippen LogP contribution is 2.32. The standard InChI is InChI=1S/C11H16N2O5/c1-7-4-13(10(16)12-9(7)15)8-3-11(5-14,17-2)6-18-8/h4,8,14H,3,5-6H2,1-2H3,(H,12,15,16)/t8-,11+/m0/s1. The topological polar surface area (TPSA) is 93.5 Å². The van der Waals surface area contributed by atoms with Gasteiger partial charge in [-0.25, -0.2) is 4.79 Å². The lowest BCUT2D eigenvalue weighted by atomic mass is 10.0. The smallest absolute Gasteiger partial charge is 0.330 e. The van der Waals surface area contributed by atoms with E-state index in [9.17, 15) is 14.7 Å². The Balaban J connectivity index is 2.33. The summed E-state index contributed by atoms with van der Waals surface area (Å²) in [5.74, 6) is 0. The highest BCUT2D eigenvalue weighted by molar-refractivity contribution is 5.02. The molecular formula is C11H16N2O5. The van der Waals surface area contributed by atoms with E-state index in [1.54, 1.807) is 6.92 Å². The minimum Gasteiger partial charge on any atom is -0.393 e. The molecule has 2 heterocycles. The molecule has 0 amide bonds. The molecule has 0 bridgehead atoms. The number of aromatic amines is 1. The predicted molar refractivity (Wildman–Crippen MR) is 62.5 cm³/mol. The van der Waals surface area contributed by atoms with E-state index in [-0.39, 0.29) is 13.2 Å². The van der Waals surface area contributed by atoms with Gasteiger partial charge in [0.1, 0.15) is 11.8 Å². The minimum absolute atomic E-state index is 0.183. The van der Waals surface area contributed by atoms with Gasteiger partial charge in [0.15, 0.2) is 0 Å². The van der Waals surface area contributed by atoms with Crippen molar-refractivity contribution in [1.82, 2.24) is 9.55 Å². The number of nitrogens with one attached hydrogen (secondary N) is 1. The summed E-state index contributed by atoms with van der Waals surface area (Å²) in [7, 11) is 1.49. The summed E-state index contributed by atoms with van der Waals surface area (Å²) in [6, 6.07) is 0. The molecule has 0 aromatic carbocycles. The van der Waals surface area contributed by atoms with Crippen molar-refractivity contribution in [3.63, 3.8) is 0 Å². The summed E-state index contributed by atoms with van der Waals surface area (Å²) in [5.41, 5.74) is -1.29. The molecule has 100 valence electrons. The van der Waals surface area contributed by atoms with Gasteiger partial charge in [-0.2, -0.15) is 0 Å². The van der Waals surface area contributed by atoms with E-state index >= 15 is 0 Å². The lowest BCUT2D eigenvalue weighted by Gasteiger charge is -2.22. The van der Waals surface area contributed by atoms with Crippen LogP contribution in [0.2, 0.25) is 0 Å². The summed E-state index contributed by atoms with van der Waals surface area (Å²) in [4.78, 5) is 25.2. The Hall–Kier alpha value is -1.44. The maximum atomic E-state index is 11.7. The number of aromatic nitrogens is 2. The molecule has 0 unspecified atom stereocenters. The van der Waals surface area contributed by atoms with Crippen LogP contribution in [-0.4, -0.2) is 40.6 Å². The maximum Gasteiger partial charge on any atom is 0.330 e. The number of aliphatic hydroxyl groups excluding tert-OH is 1. The highest BCUT2D eigenvalue weighted by atomic mass is 16.6. The number of methoxy groups -OCH3 is 1. The van der Waals surface area contributed by atoms with Crippen molar-refractivity contribution in [2.45, 2.75) is 25.2 Å². The number of hydrogen-bond donors (Lipinski definition) is 2. The molecule has 1 aromatic heterocycles. The molecule has 0 aliphatic carbocycles. The van der Waals surface area contributed by atoms with Gasteiger partial charge in [0.25, 0.3) is 5.56 Å². The molecule has 0 radical (unpaired) electrons. The first-order valence-corrected chi connectivity index (χ1v) is 5.61. The van der Waals surface area contributed by atoms with Crippen LogP contribution in [0.4, 0.5) is 0 Å². The zero-order chi connectivity index (χ0) is 13.3. The van der Waals surface area contributed by atoms with Crippen LogP contribution < -0.4 is 11.2 Å². The summed E-state index contributed by atoms with van der Waals surface area (Å²) < 4.78 is 12.0. The Labute approximate surface area is 103 Å². The molecule has 2 N–H and O–H groups in total. The first-order valence-electron chi connectivity index (χ1n) is 5.61. The van der Waals surface area contributed by atoms with Gasteiger partial charge >= 0.3 is 5.69 Å². The van der Waals surface area contributed by atoms with E-state index in [1.165, 1.54) is 17.9 Å². The Morgan fingerprint density at radius 1 is 1.67 bits per heavy atom. The molecule has 18 heavy (non-hydrogen) atoms. The second-order valence-corrected chi connectivity index (χ2v) is 4.49. The van der Waals surface area contributed by atoms with E-state index in [2.05, 4.69) is 4.98 Å². The van der Waals surface area contributed by atoms with Crippen LogP contribution in [-0.2, 0) is 9.47 Å². The van der Waals surface area contributed by atoms with E-state index in [4.69, 9.17) is 9.47 Å². The molecular weight excluding hydrogens is 240 g/mol. The normalized spacial score (nSPS) is 27.6. The fourth-order valence-corrected chi connectivity index (χ4v) is 1.98. The maximum absolute atomic E-state index is 11.7. The van der Waals surface area contributed by atoms with E-state index in [0.29, 0.717) is 12.0 Å². The van der Waals surface area contributed by atoms with Crippen LogP contribution in [0.15, 0.2) is 15.8 Å². The van der Waals surface area contributed by atoms with Gasteiger partial charge in [-0.1, -0.05) is 0 Å². The van der Waals surface area contributed by atoms with E-state index in [1.807, 2.05) is 0 Å². The van der Waals surface area contributed by atoms with Gasteiger partial charge in [-0.15, -0.1) is 0 Å². The SMILES string of the molecule is CO[C@]1(CO)CO[C@H](n2cc(C)c(=O)[nH]c2=O)C1. The summed E-state index contributed by atoms with van der Waals surface area (Å²) in [5, 5.41) is 9.30. The Morgan fingerprint density at radius 3 is 2.94 bits per heavy atom. The summed E-state index contributed by atoms with van der Waals surface area (Å²) >= 11 is 0. The molecule has 1 fully saturated rings. The number of H-pyrrole nitrogens is 1. The quantitative estimate of drug-likeness (QED) is 0.734. The van der Waals surface area contributed by atoms with Crippen LogP contribution >= 0.6 is 0 Å². The fourth-order valence-electron chi connectivity index (χ4n) is 1.98. The lowest BCUT2D eigenvalue weighted by Crippen LogP contribution is -2.37.